The summed E-state index contributed by atoms with van der Waals surface area (Å²) in [5.74, 6) is 12.6. The number of nitrogens with zero attached hydrogens (tertiary/aromatic N) is 5. The highest BCUT2D eigenvalue weighted by atomic mass is 19.1. The molecule has 0 spiro atoms. The molecule has 0 unspecified atom stereocenters. The first kappa shape index (κ1) is 24.3. The molecule has 1 aliphatic rings. The van der Waals surface area contributed by atoms with Crippen LogP contribution in [0.4, 0.5) is 10.3 Å². The van der Waals surface area contributed by atoms with Gasteiger partial charge in [-0.05, 0) is 53.9 Å². The number of nitrogens with two attached hydrogens (primary N) is 2. The van der Waals surface area contributed by atoms with Crippen molar-refractivity contribution in [2.45, 2.75) is 44.7 Å². The van der Waals surface area contributed by atoms with E-state index in [0.29, 0.717) is 17.9 Å². The average Bonchev–Trinajstić information content (AvgIpc) is 3.39. The fourth-order valence-corrected chi connectivity index (χ4v) is 4.19. The summed E-state index contributed by atoms with van der Waals surface area (Å²) in [6.45, 7) is 0.651. The highest BCUT2D eigenvalue weighted by Gasteiger charge is 2.25. The summed E-state index contributed by atoms with van der Waals surface area (Å²) in [6, 6.07) is 11.6. The van der Waals surface area contributed by atoms with Crippen LogP contribution >= 0.6 is 0 Å². The van der Waals surface area contributed by atoms with Crippen LogP contribution in [0.2, 0.25) is 0 Å². The largest absolute Gasteiger partial charge is 0.505 e. The number of benzene rings is 2. The van der Waals surface area contributed by atoms with E-state index >= 15 is 0 Å². The molecule has 0 radical (unpaired) electrons. The minimum absolute atomic E-state index is 0.137. The van der Waals surface area contributed by atoms with Gasteiger partial charge in [0.25, 0.3) is 11.8 Å². The number of phenols is 1. The Bertz CT molecular complexity index is 1150. The number of hydrogen-bond acceptors (Lipinski definition) is 9. The van der Waals surface area contributed by atoms with Gasteiger partial charge in [-0.25, -0.2) is 10.2 Å². The minimum Gasteiger partial charge on any atom is -0.505 e. The summed E-state index contributed by atoms with van der Waals surface area (Å²) < 4.78 is 24.2. The Morgan fingerprint density at radius 2 is 1.94 bits per heavy atom. The standard InChI is InChI=1S/C24H30FN7O3/c1-34-19-10-7-16(8-11-19)14-31(15-22(29-26)32(27)18-5-3-2-4-6-18)24-28-23(35-30-24)17-9-12-20(25)21(33)13-17/h7-13,18,33H,2-6,14-15,26-27H2,1H3/b29-22-. The molecule has 1 heterocycles. The summed E-state index contributed by atoms with van der Waals surface area (Å²) in [4.78, 5) is 6.32. The molecule has 2 aromatic carbocycles. The first-order valence-corrected chi connectivity index (χ1v) is 11.5. The number of hydrogen-bond donors (Lipinski definition) is 3. The zero-order valence-corrected chi connectivity index (χ0v) is 19.6. The minimum atomic E-state index is -0.732. The molecule has 4 rings (SSSR count). The van der Waals surface area contributed by atoms with Crippen molar-refractivity contribution in [3.05, 3.63) is 53.8 Å². The third-order valence-corrected chi connectivity index (χ3v) is 6.17. The van der Waals surface area contributed by atoms with Crippen molar-refractivity contribution in [1.82, 2.24) is 15.1 Å². The van der Waals surface area contributed by atoms with E-state index in [0.717, 1.165) is 43.1 Å². The third kappa shape index (κ3) is 5.80. The van der Waals surface area contributed by atoms with Crippen molar-refractivity contribution in [3.63, 3.8) is 0 Å². The van der Waals surface area contributed by atoms with Gasteiger partial charge in [-0.3, -0.25) is 5.01 Å². The van der Waals surface area contributed by atoms with Crippen molar-refractivity contribution in [1.29, 1.82) is 0 Å². The van der Waals surface area contributed by atoms with Crippen LogP contribution in [0.25, 0.3) is 11.5 Å². The second-order valence-electron chi connectivity index (χ2n) is 8.51. The lowest BCUT2D eigenvalue weighted by atomic mass is 9.95. The monoisotopic (exact) mass is 483 g/mol. The van der Waals surface area contributed by atoms with E-state index in [1.165, 1.54) is 18.6 Å². The molecule has 3 aromatic rings. The van der Waals surface area contributed by atoms with Gasteiger partial charge >= 0.3 is 0 Å². The van der Waals surface area contributed by atoms with E-state index in [1.54, 1.807) is 12.1 Å². The number of ether oxygens (including phenoxy) is 1. The molecule has 1 aliphatic carbocycles. The molecule has 1 fully saturated rings. The summed E-state index contributed by atoms with van der Waals surface area (Å²) in [7, 11) is 1.61. The molecule has 0 saturated heterocycles. The Hall–Kier alpha value is -3.86. The van der Waals surface area contributed by atoms with Gasteiger partial charge in [-0.2, -0.15) is 10.1 Å². The van der Waals surface area contributed by atoms with E-state index in [1.807, 2.05) is 29.2 Å². The van der Waals surface area contributed by atoms with Crippen LogP contribution in [0.5, 0.6) is 11.5 Å². The maximum Gasteiger partial charge on any atom is 0.267 e. The molecule has 10 nitrogen and oxygen atoms in total. The number of hydrazine groups is 1. The quantitative estimate of drug-likeness (QED) is 0.190. The van der Waals surface area contributed by atoms with Crippen molar-refractivity contribution < 1.29 is 18.8 Å². The molecule has 186 valence electrons. The lowest BCUT2D eigenvalue weighted by Crippen LogP contribution is -2.51. The van der Waals surface area contributed by atoms with E-state index in [9.17, 15) is 9.50 Å². The molecule has 0 atom stereocenters. The van der Waals surface area contributed by atoms with Crippen molar-refractivity contribution >= 4 is 11.8 Å². The highest BCUT2D eigenvalue weighted by molar-refractivity contribution is 5.86. The fourth-order valence-electron chi connectivity index (χ4n) is 4.19. The predicted molar refractivity (Wildman–Crippen MR) is 130 cm³/mol. The average molecular weight is 484 g/mol. The SMILES string of the molecule is COc1ccc(CN(C/C(=N/N)N(N)C2CCCCC2)c2noc(-c3ccc(F)c(O)c3)n2)cc1. The summed E-state index contributed by atoms with van der Waals surface area (Å²) >= 11 is 0. The number of hydrazone groups is 1. The summed E-state index contributed by atoms with van der Waals surface area (Å²) in [5, 5.41) is 19.5. The molecule has 1 aromatic heterocycles. The van der Waals surface area contributed by atoms with Gasteiger partial charge in [0.05, 0.1) is 13.7 Å². The van der Waals surface area contributed by atoms with Crippen LogP contribution in [0.15, 0.2) is 52.1 Å². The Morgan fingerprint density at radius 3 is 2.60 bits per heavy atom. The first-order chi connectivity index (χ1) is 17.0. The fraction of sp³-hybridized carbons (Fsp3) is 0.375. The van der Waals surface area contributed by atoms with Gasteiger partial charge in [-0.15, -0.1) is 0 Å². The number of aromatic hydroxyl groups is 1. The van der Waals surface area contributed by atoms with Crippen molar-refractivity contribution in [2.24, 2.45) is 16.8 Å². The van der Waals surface area contributed by atoms with E-state index in [-0.39, 0.29) is 24.4 Å². The van der Waals surface area contributed by atoms with Crippen LogP contribution in [-0.4, -0.2) is 45.8 Å². The van der Waals surface area contributed by atoms with Crippen molar-refractivity contribution in [3.8, 4) is 23.0 Å². The second kappa shape index (κ2) is 11.0. The number of phenolic OH excluding ortho intramolecular Hbond substituents is 1. The number of amidine groups is 1. The van der Waals surface area contributed by atoms with E-state index in [4.69, 9.17) is 20.9 Å². The molecular formula is C24H30FN7O3. The number of aromatic nitrogens is 2. The van der Waals surface area contributed by atoms with E-state index < -0.39 is 11.6 Å². The number of rotatable bonds is 8. The Labute approximate surface area is 202 Å². The normalized spacial score (nSPS) is 14.7. The van der Waals surface area contributed by atoms with Crippen LogP contribution in [0, 0.1) is 5.82 Å². The third-order valence-electron chi connectivity index (χ3n) is 6.17. The maximum absolute atomic E-state index is 13.5. The molecule has 0 bridgehead atoms. The number of anilines is 1. The lowest BCUT2D eigenvalue weighted by molar-refractivity contribution is 0.245. The van der Waals surface area contributed by atoms with Gasteiger partial charge in [0.1, 0.15) is 5.75 Å². The van der Waals surface area contributed by atoms with Gasteiger partial charge in [-0.1, -0.05) is 31.4 Å². The zero-order chi connectivity index (χ0) is 24.8. The summed E-state index contributed by atoms with van der Waals surface area (Å²) in [6.07, 6.45) is 5.39. The molecule has 35 heavy (non-hydrogen) atoms. The number of methoxy groups -OCH3 is 1. The van der Waals surface area contributed by atoms with E-state index in [2.05, 4.69) is 15.2 Å². The summed E-state index contributed by atoms with van der Waals surface area (Å²) in [5.41, 5.74) is 1.36. The van der Waals surface area contributed by atoms with Crippen LogP contribution < -0.4 is 21.3 Å². The van der Waals surface area contributed by atoms with Gasteiger partial charge in [0.15, 0.2) is 17.4 Å². The first-order valence-electron chi connectivity index (χ1n) is 11.5. The molecular weight excluding hydrogens is 453 g/mol. The molecule has 0 amide bonds. The Kier molecular flexibility index (Phi) is 7.66. The Morgan fingerprint density at radius 1 is 1.20 bits per heavy atom. The molecule has 1 saturated carbocycles. The lowest BCUT2D eigenvalue weighted by Gasteiger charge is -2.34. The predicted octanol–water partition coefficient (Wildman–Crippen LogP) is 3.38. The van der Waals surface area contributed by atoms with Crippen LogP contribution in [0.3, 0.4) is 0 Å². The highest BCUT2D eigenvalue weighted by Crippen LogP contribution is 2.27. The van der Waals surface area contributed by atoms with Gasteiger partial charge in [0.2, 0.25) is 0 Å². The van der Waals surface area contributed by atoms with Crippen LogP contribution in [0.1, 0.15) is 37.7 Å². The molecule has 5 N–H and O–H groups in total. The van der Waals surface area contributed by atoms with Crippen LogP contribution in [-0.2, 0) is 6.54 Å². The molecule has 11 heteroatoms. The number of halogens is 1. The smallest absolute Gasteiger partial charge is 0.267 e. The zero-order valence-electron chi connectivity index (χ0n) is 19.6. The maximum atomic E-state index is 13.5. The topological polar surface area (TPSA) is 139 Å². The van der Waals surface area contributed by atoms with Crippen molar-refractivity contribution in [2.75, 3.05) is 18.6 Å². The second-order valence-corrected chi connectivity index (χ2v) is 8.51. The molecule has 0 aliphatic heterocycles. The van der Waals surface area contributed by atoms with Gasteiger partial charge in [0, 0.05) is 18.2 Å². The Balaban J connectivity index is 1.60. The van der Waals surface area contributed by atoms with Gasteiger partial charge < -0.3 is 25.1 Å².